The highest BCUT2D eigenvalue weighted by molar-refractivity contribution is 5.99. The second kappa shape index (κ2) is 44.6. The lowest BCUT2D eigenvalue weighted by atomic mass is 9.79. The van der Waals surface area contributed by atoms with E-state index >= 15 is 0 Å². The fourth-order valence-corrected chi connectivity index (χ4v) is 12.6. The molecule has 7 aromatic carbocycles. The zero-order chi connectivity index (χ0) is 72.5. The maximum Gasteiger partial charge on any atom is 0.269 e. The maximum absolute atomic E-state index is 12.4. The number of non-ortho nitro benzene ring substituents is 3. The normalized spacial score (nSPS) is 10.4. The summed E-state index contributed by atoms with van der Waals surface area (Å²) in [6, 6.07) is 43.2. The summed E-state index contributed by atoms with van der Waals surface area (Å²) in [5, 5.41) is 37.1. The molecule has 12 heteroatoms. The fraction of sp³-hybridized carbons (Fsp3) is 0.400. The lowest BCUT2D eigenvalue weighted by molar-refractivity contribution is -0.385. The van der Waals surface area contributed by atoms with Gasteiger partial charge in [-0.1, -0.05) is 193 Å². The molecular formula is C90H102N6O6. The molecule has 528 valence electrons. The third-order valence-electron chi connectivity index (χ3n) is 18.4. The first kappa shape index (κ1) is 78.8. The van der Waals surface area contributed by atoms with Crippen LogP contribution >= 0.6 is 0 Å². The molecule has 0 fully saturated rings. The van der Waals surface area contributed by atoms with Crippen LogP contribution in [0.25, 0.3) is 33.4 Å². The predicted molar refractivity (Wildman–Crippen MR) is 425 cm³/mol. The molecule has 0 atom stereocenters. The molecule has 7 rings (SSSR count). The van der Waals surface area contributed by atoms with Crippen LogP contribution in [0.3, 0.4) is 0 Å². The monoisotopic (exact) mass is 1360 g/mol. The van der Waals surface area contributed by atoms with Crippen molar-refractivity contribution in [2.75, 3.05) is 54.0 Å². The molecular weight excluding hydrogens is 1260 g/mol. The Morgan fingerprint density at radius 2 is 0.451 bits per heavy atom. The molecule has 0 saturated heterocycles. The van der Waals surface area contributed by atoms with Crippen molar-refractivity contribution >= 4 is 34.1 Å². The smallest absolute Gasteiger partial charge is 0.269 e. The van der Waals surface area contributed by atoms with E-state index in [2.05, 4.69) is 164 Å². The van der Waals surface area contributed by atoms with Crippen LogP contribution in [0.2, 0.25) is 0 Å². The van der Waals surface area contributed by atoms with E-state index in [-0.39, 0.29) is 17.1 Å². The average Bonchev–Trinajstić information content (AvgIpc) is 0.736. The number of benzene rings is 7. The summed E-state index contributed by atoms with van der Waals surface area (Å²) < 4.78 is 0. The van der Waals surface area contributed by atoms with Gasteiger partial charge in [-0.15, -0.1) is 0 Å². The minimum atomic E-state index is -0.467. The minimum absolute atomic E-state index is 0.149. The number of anilines is 3. The zero-order valence-corrected chi connectivity index (χ0v) is 61.2. The standard InChI is InChI=1S/C90H102N6O6/c1-7-13-19-31-67-91(68-32-20-14-8-2)79-55-43-73(44-56-79)37-25-28-40-85-88(76-49-61-82(62-50-76)94(97)98)86(41-29-26-38-74-45-57-80(58-46-74)92(69-33-21-15-9-3)70-34-22-16-10-4)90(78-53-65-84(66-54-78)96(101)102)87(89(85)77-51-63-83(64-52-77)95(99)100)42-30-27-39-75-47-59-81(60-48-75)93(71-35-23-17-11-5)72-36-24-18-12-6/h43-66H,7-24,31-36,67-72H2,1-6H3. The summed E-state index contributed by atoms with van der Waals surface area (Å²) in [6.45, 7) is 19.3. The number of hydrogen-bond donors (Lipinski definition) is 0. The first-order chi connectivity index (χ1) is 49.9. The highest BCUT2D eigenvalue weighted by Gasteiger charge is 2.27. The van der Waals surface area contributed by atoms with Gasteiger partial charge in [0.2, 0.25) is 0 Å². The van der Waals surface area contributed by atoms with Gasteiger partial charge in [-0.05, 0) is 200 Å². The van der Waals surface area contributed by atoms with E-state index in [0.29, 0.717) is 50.1 Å². The molecule has 0 spiro atoms. The zero-order valence-electron chi connectivity index (χ0n) is 61.2. The van der Waals surface area contributed by atoms with Gasteiger partial charge in [0.15, 0.2) is 0 Å². The Balaban J connectivity index is 1.49. The lowest BCUT2D eigenvalue weighted by Crippen LogP contribution is -2.25. The first-order valence-electron chi connectivity index (χ1n) is 37.5. The number of nitrogens with zero attached hydrogens (tertiary/aromatic N) is 6. The summed E-state index contributed by atoms with van der Waals surface area (Å²) in [7, 11) is 0. The third kappa shape index (κ3) is 25.3. The largest absolute Gasteiger partial charge is 0.372 e. The van der Waals surface area contributed by atoms with Crippen molar-refractivity contribution in [3.05, 3.63) is 209 Å². The van der Waals surface area contributed by atoms with Crippen LogP contribution in [0.15, 0.2) is 146 Å². The Morgan fingerprint density at radius 3 is 0.637 bits per heavy atom. The van der Waals surface area contributed by atoms with Crippen LogP contribution in [0.4, 0.5) is 34.1 Å². The van der Waals surface area contributed by atoms with Crippen LogP contribution in [-0.4, -0.2) is 54.0 Å². The molecule has 0 saturated carbocycles. The van der Waals surface area contributed by atoms with Crippen molar-refractivity contribution in [2.45, 2.75) is 196 Å². The summed E-state index contributed by atoms with van der Waals surface area (Å²) in [6.07, 6.45) is 28.2. The fourth-order valence-electron chi connectivity index (χ4n) is 12.6. The van der Waals surface area contributed by atoms with Gasteiger partial charge < -0.3 is 14.7 Å². The summed E-state index contributed by atoms with van der Waals surface area (Å²) >= 11 is 0. The van der Waals surface area contributed by atoms with Crippen LogP contribution in [0.1, 0.15) is 229 Å². The summed E-state index contributed by atoms with van der Waals surface area (Å²) in [5.74, 6) is 39.1. The van der Waals surface area contributed by atoms with Crippen LogP contribution in [0.5, 0.6) is 0 Å². The van der Waals surface area contributed by atoms with E-state index in [1.165, 1.54) is 152 Å². The molecule has 0 N–H and O–H groups in total. The van der Waals surface area contributed by atoms with Gasteiger partial charge in [0.25, 0.3) is 17.1 Å². The Bertz CT molecular complexity index is 3710. The molecule has 7 aromatic rings. The number of rotatable bonds is 39. The molecule has 0 aliphatic carbocycles. The predicted octanol–water partition coefficient (Wildman–Crippen LogP) is 22.5. The van der Waals surface area contributed by atoms with Crippen molar-refractivity contribution in [2.24, 2.45) is 0 Å². The molecule has 0 unspecified atom stereocenters. The van der Waals surface area contributed by atoms with Gasteiger partial charge in [0.05, 0.1) is 14.8 Å². The van der Waals surface area contributed by atoms with E-state index in [1.54, 1.807) is 36.4 Å². The highest BCUT2D eigenvalue weighted by atomic mass is 16.6. The van der Waals surface area contributed by atoms with Crippen LogP contribution in [0, 0.1) is 101 Å². The van der Waals surface area contributed by atoms with Gasteiger partial charge in [0.1, 0.15) is 0 Å². The quantitative estimate of drug-likeness (QED) is 0.0159. The van der Waals surface area contributed by atoms with Crippen molar-refractivity contribution in [3.8, 4) is 104 Å². The first-order valence-corrected chi connectivity index (χ1v) is 37.5. The van der Waals surface area contributed by atoms with Crippen LogP contribution in [-0.2, 0) is 0 Å². The van der Waals surface area contributed by atoms with Gasteiger partial charge >= 0.3 is 0 Å². The number of nitro groups is 3. The van der Waals surface area contributed by atoms with Crippen molar-refractivity contribution < 1.29 is 14.8 Å². The Labute approximate surface area is 609 Å². The van der Waals surface area contributed by atoms with Crippen molar-refractivity contribution in [3.63, 3.8) is 0 Å². The number of hydrogen-bond acceptors (Lipinski definition) is 9. The maximum atomic E-state index is 12.4. The molecule has 0 aliphatic heterocycles. The van der Waals surface area contributed by atoms with Gasteiger partial charge in [-0.25, -0.2) is 0 Å². The Hall–Kier alpha value is -10.5. The topological polar surface area (TPSA) is 139 Å². The average molecular weight is 1360 g/mol. The molecule has 0 amide bonds. The number of nitro benzene ring substituents is 3. The second-order valence-electron chi connectivity index (χ2n) is 26.1. The molecule has 0 radical (unpaired) electrons. The van der Waals surface area contributed by atoms with E-state index in [9.17, 15) is 30.3 Å². The van der Waals surface area contributed by atoms with Crippen LogP contribution < -0.4 is 14.7 Å². The molecule has 0 bridgehead atoms. The minimum Gasteiger partial charge on any atom is -0.372 e. The molecule has 0 heterocycles. The molecule has 0 aliphatic rings. The Morgan fingerprint density at radius 1 is 0.255 bits per heavy atom. The SMILES string of the molecule is CCCCCCN(CCCCCC)c1ccc(C#CC#Cc2c(-c3ccc([N+](=O)[O-])cc3)c(C#CC#Cc3ccc(N(CCCCCC)CCCCCC)cc3)c(-c3ccc([N+](=O)[O-])cc3)c(C#CC#Cc3ccc(N(CCCCCC)CCCCCC)cc3)c2-c2ccc([N+](=O)[O-])cc2)cc1. The van der Waals surface area contributed by atoms with Gasteiger partial charge in [-0.2, -0.15) is 0 Å². The molecule has 12 nitrogen and oxygen atoms in total. The van der Waals surface area contributed by atoms with Crippen molar-refractivity contribution in [1.29, 1.82) is 0 Å². The van der Waals surface area contributed by atoms with Gasteiger partial charge in [0, 0.05) is 143 Å². The van der Waals surface area contributed by atoms with E-state index in [4.69, 9.17) is 0 Å². The highest BCUT2D eigenvalue weighted by Crippen LogP contribution is 2.45. The third-order valence-corrected chi connectivity index (χ3v) is 18.4. The Kier molecular flexibility index (Phi) is 34.5. The summed E-state index contributed by atoms with van der Waals surface area (Å²) in [5.41, 5.74) is 9.09. The van der Waals surface area contributed by atoms with E-state index < -0.39 is 14.8 Å². The van der Waals surface area contributed by atoms with E-state index in [1.807, 2.05) is 36.4 Å². The van der Waals surface area contributed by atoms with E-state index in [0.717, 1.165) is 112 Å². The van der Waals surface area contributed by atoms with Gasteiger partial charge in [-0.3, -0.25) is 30.3 Å². The lowest BCUT2D eigenvalue weighted by Gasteiger charge is -2.25. The molecule has 102 heavy (non-hydrogen) atoms. The second-order valence-corrected chi connectivity index (χ2v) is 26.1. The van der Waals surface area contributed by atoms with Crippen molar-refractivity contribution in [1.82, 2.24) is 0 Å². The summed E-state index contributed by atoms with van der Waals surface area (Å²) in [4.78, 5) is 43.1. The molecule has 0 aromatic heterocycles. The number of unbranched alkanes of at least 4 members (excludes halogenated alkanes) is 18.